The molecule has 0 radical (unpaired) electrons. The lowest BCUT2D eigenvalue weighted by atomic mass is 9.90. The molecule has 3 aromatic heterocycles. The van der Waals surface area contributed by atoms with Crippen molar-refractivity contribution in [3.63, 3.8) is 0 Å². The van der Waals surface area contributed by atoms with Crippen molar-refractivity contribution in [3.05, 3.63) is 115 Å². The van der Waals surface area contributed by atoms with E-state index in [1.165, 1.54) is 48.8 Å². The van der Waals surface area contributed by atoms with Crippen molar-refractivity contribution in [2.45, 2.75) is 109 Å². The number of nitrogens with one attached hydrogen (secondary N) is 2. The van der Waals surface area contributed by atoms with Crippen LogP contribution in [0.3, 0.4) is 0 Å². The number of rotatable bonds is 23. The molecule has 0 aliphatic carbocycles. The van der Waals surface area contributed by atoms with E-state index in [2.05, 4.69) is 28.2 Å². The number of nitrogens with zero attached hydrogens (tertiary/aromatic N) is 3. The third kappa shape index (κ3) is 14.8. The van der Waals surface area contributed by atoms with Crippen LogP contribution >= 0.6 is 31.2 Å². The van der Waals surface area contributed by atoms with E-state index in [4.69, 9.17) is 70.4 Å². The highest BCUT2D eigenvalue weighted by molar-refractivity contribution is 7.50. The van der Waals surface area contributed by atoms with Crippen LogP contribution in [0, 0.1) is 0 Å². The van der Waals surface area contributed by atoms with Crippen LogP contribution in [0.4, 0.5) is 0 Å². The second-order valence-corrected chi connectivity index (χ2v) is 28.4. The van der Waals surface area contributed by atoms with Crippen molar-refractivity contribution in [3.8, 4) is 0 Å². The van der Waals surface area contributed by atoms with Crippen molar-refractivity contribution in [1.29, 1.82) is 0 Å². The second-order valence-electron chi connectivity index (χ2n) is 22.2. The maximum absolute atomic E-state index is 12.9. The average Bonchev–Trinajstić information content (AvgIpc) is 1.59. The zero-order valence-electron chi connectivity index (χ0n) is 51.2. The van der Waals surface area contributed by atoms with E-state index in [1.807, 2.05) is 19.1 Å². The molecule has 8 unspecified atom stereocenters. The van der Waals surface area contributed by atoms with E-state index in [0.717, 1.165) is 38.4 Å². The van der Waals surface area contributed by atoms with Crippen LogP contribution in [0.1, 0.15) is 32.0 Å². The lowest BCUT2D eigenvalue weighted by Gasteiger charge is -2.38. The number of pyridine rings is 2. The number of hydrogen-bond donors (Lipinski definition) is 6. The number of aromatic nitrogens is 4. The molecule has 8 saturated heterocycles. The smallest absolute Gasteiger partial charge is 0.382 e. The van der Waals surface area contributed by atoms with Crippen LogP contribution in [0.5, 0.6) is 0 Å². The fourth-order valence-electron chi connectivity index (χ4n) is 12.3. The molecule has 0 spiro atoms. The van der Waals surface area contributed by atoms with Gasteiger partial charge in [0.25, 0.3) is 16.7 Å². The van der Waals surface area contributed by atoms with Crippen LogP contribution in [0.25, 0.3) is 10.8 Å². The topological polar surface area (TPSA) is 435 Å². The molecule has 0 amide bonds. The molecule has 8 bridgehead atoms. The fourth-order valence-corrected chi connectivity index (χ4v) is 15.2. The van der Waals surface area contributed by atoms with Crippen LogP contribution in [0.15, 0.2) is 92.4 Å². The minimum atomic E-state index is -4.30. The summed E-state index contributed by atoms with van der Waals surface area (Å²) >= 11 is 0. The van der Waals surface area contributed by atoms with Crippen LogP contribution in [-0.2, 0) is 107 Å². The van der Waals surface area contributed by atoms with Gasteiger partial charge in [-0.25, -0.2) is 28.1 Å². The predicted octanol–water partition coefficient (Wildman–Crippen LogP) is 1.01. The number of fused-ring (bicyclic) bond motifs is 9. The first-order valence-corrected chi connectivity index (χ1v) is 34.2. The summed E-state index contributed by atoms with van der Waals surface area (Å²) < 4.78 is 152. The van der Waals surface area contributed by atoms with E-state index in [0.29, 0.717) is 18.4 Å². The normalized spacial score (nSPS) is 35.6. The standard InChI is InChI=1S/C17H20NO8P.C13H18NO8P.C12H18N3O8P.C10H19O7P/c1-22-9-17-10-24-13(14(17)26-27(20,21)23-2)16(25-17)18-8-7-11-5-3-4-6-12(11)15(18)19;1-18-7-13-8-20-10(11(13)22-23(16,17)19-2)12(21-13)14-6-4-3-5-9(14)15;1-20-5-12-6-22-8(9(12)14-24(18,19)21-2)10(23-12)15-4-3-7(16)13-11(15)17;1-7-8-9(17-18(11,12)14-3)10(16-7,6-13-2)4-5-15-8/h3-8,13-14,16H,9-10H2,1-2H3,(H,20,21);3-6,10-12H,7-8H2,1-2H3,(H,16,17);3-4,8-10H,5-6H2,1-2H3,(H,13,16,17)(H2,14,18,19);7-9H,4-6H2,1-3H3,(H,11,12)/t13-,14+,16?,17+;10-,11+,12?,13+;8-,9+,10?,12+;7?,8-,9+,10-/m1111/s1. The molecule has 8 aliphatic rings. The van der Waals surface area contributed by atoms with E-state index >= 15 is 0 Å². The van der Waals surface area contributed by atoms with Crippen molar-refractivity contribution in [1.82, 2.24) is 23.8 Å². The summed E-state index contributed by atoms with van der Waals surface area (Å²) in [6.45, 7) is 3.20. The SMILES string of the molecule is COC[C@@]12CCO[C@H](C(C)O1)[C@@H]2OP(=O)(O)OC.COC[C@@]12CO[C@@H](C(n3ccc(=O)[nH]c3=O)O1)[C@@H]2NP(=O)(O)OC.COC[C@@]12CO[C@@H](C(n3ccc4ccccc4c3=O)O1)[C@@H]2OP(=O)(O)OC.COC[C@@]12CO[C@@H](C(n3ccccc3=O)O1)[C@@H]2OP(=O)(O)OC. The summed E-state index contributed by atoms with van der Waals surface area (Å²) in [6.07, 6.45) is -2.86. The minimum Gasteiger partial charge on any atom is -0.382 e. The number of phosphoric ester groups is 3. The largest absolute Gasteiger partial charge is 0.472 e. The van der Waals surface area contributed by atoms with Gasteiger partial charge in [0.2, 0.25) is 0 Å². The van der Waals surface area contributed by atoms with Gasteiger partial charge in [0.15, 0.2) is 18.7 Å². The molecule has 514 valence electrons. The Labute approximate surface area is 524 Å². The molecule has 20 atom stereocenters. The first-order chi connectivity index (χ1) is 43.6. The van der Waals surface area contributed by atoms with Gasteiger partial charge in [0.1, 0.15) is 65.1 Å². The molecule has 36 nitrogen and oxygen atoms in total. The molecule has 40 heteroatoms. The quantitative estimate of drug-likeness (QED) is 0.0564. The maximum atomic E-state index is 12.9. The zero-order valence-corrected chi connectivity index (χ0v) is 54.7. The van der Waals surface area contributed by atoms with Crippen LogP contribution < -0.4 is 27.5 Å². The van der Waals surface area contributed by atoms with Gasteiger partial charge in [-0.05, 0) is 30.5 Å². The van der Waals surface area contributed by atoms with E-state index in [1.54, 1.807) is 49.8 Å². The Hall–Kier alpha value is -3.98. The summed E-state index contributed by atoms with van der Waals surface area (Å²) in [7, 11) is -6.38. The maximum Gasteiger partial charge on any atom is 0.472 e. The number of aromatic amines is 1. The molecule has 4 aromatic rings. The highest BCUT2D eigenvalue weighted by Gasteiger charge is 2.67. The lowest BCUT2D eigenvalue weighted by molar-refractivity contribution is -0.190. The average molecular weight is 1390 g/mol. The fraction of sp³-hybridized carbons (Fsp3) is 0.654. The molecule has 0 saturated carbocycles. The Kier molecular flexibility index (Phi) is 22.8. The molecule has 8 fully saturated rings. The van der Waals surface area contributed by atoms with Gasteiger partial charge in [-0.3, -0.25) is 60.2 Å². The summed E-state index contributed by atoms with van der Waals surface area (Å²) in [4.78, 5) is 88.9. The van der Waals surface area contributed by atoms with Crippen molar-refractivity contribution >= 4 is 42.0 Å². The first-order valence-electron chi connectivity index (χ1n) is 28.2. The number of methoxy groups -OCH3 is 4. The second kappa shape index (κ2) is 29.0. The molecule has 12 rings (SSSR count). The molecule has 6 N–H and O–H groups in total. The number of phosphoric acid groups is 3. The number of H-pyrrole nitrogens is 1. The number of ether oxygens (including phenoxy) is 12. The van der Waals surface area contributed by atoms with E-state index in [9.17, 15) is 57.0 Å². The molecule has 92 heavy (non-hydrogen) atoms. The summed E-state index contributed by atoms with van der Waals surface area (Å²) in [6, 6.07) is 14.1. The van der Waals surface area contributed by atoms with E-state index < -0.39 is 126 Å². The number of hydrogen-bond acceptors (Lipinski definition) is 27. The van der Waals surface area contributed by atoms with E-state index in [-0.39, 0.29) is 69.6 Å². The lowest BCUT2D eigenvalue weighted by Crippen LogP contribution is -2.52. The Morgan fingerprint density at radius 3 is 1.55 bits per heavy atom. The molecular formula is C52H75N5O31P4. The Morgan fingerprint density at radius 2 is 1.01 bits per heavy atom. The molecular weight excluding hydrogens is 1310 g/mol. The van der Waals surface area contributed by atoms with Gasteiger partial charge < -0.3 is 80.9 Å². The van der Waals surface area contributed by atoms with Crippen molar-refractivity contribution in [2.75, 3.05) is 110 Å². The highest BCUT2D eigenvalue weighted by atomic mass is 31.2. The third-order valence-corrected chi connectivity index (χ3v) is 20.4. The summed E-state index contributed by atoms with van der Waals surface area (Å²) in [5.41, 5.74) is -5.76. The van der Waals surface area contributed by atoms with Gasteiger partial charge in [0.05, 0.1) is 65.0 Å². The van der Waals surface area contributed by atoms with Gasteiger partial charge in [0, 0.05) is 99.4 Å². The third-order valence-electron chi connectivity index (χ3n) is 16.4. The highest BCUT2D eigenvalue weighted by Crippen LogP contribution is 2.57. The van der Waals surface area contributed by atoms with Gasteiger partial charge in [-0.1, -0.05) is 24.3 Å². The van der Waals surface area contributed by atoms with Crippen LogP contribution in [-0.4, -0.2) is 225 Å². The van der Waals surface area contributed by atoms with Crippen molar-refractivity contribution < 1.29 is 126 Å². The zero-order chi connectivity index (χ0) is 66.8. The molecule has 11 heterocycles. The van der Waals surface area contributed by atoms with Gasteiger partial charge >= 0.3 is 36.9 Å². The summed E-state index contributed by atoms with van der Waals surface area (Å²) in [5.74, 6) is 0. The Morgan fingerprint density at radius 1 is 0.533 bits per heavy atom. The van der Waals surface area contributed by atoms with Gasteiger partial charge in [-0.15, -0.1) is 0 Å². The van der Waals surface area contributed by atoms with Gasteiger partial charge in [-0.2, -0.15) is 0 Å². The first kappa shape index (κ1) is 72.3. The molecule has 8 aliphatic heterocycles. The molecule has 1 aromatic carbocycles. The Bertz CT molecular complexity index is 3670. The summed E-state index contributed by atoms with van der Waals surface area (Å²) in [5, 5.41) is 3.84. The predicted molar refractivity (Wildman–Crippen MR) is 312 cm³/mol. The van der Waals surface area contributed by atoms with Crippen molar-refractivity contribution in [2.24, 2.45) is 0 Å². The number of benzene rings is 1. The van der Waals surface area contributed by atoms with Crippen LogP contribution in [0.2, 0.25) is 0 Å². The minimum absolute atomic E-state index is 0.0662. The Balaban J connectivity index is 0.000000146. The monoisotopic (exact) mass is 1390 g/mol.